The van der Waals surface area contributed by atoms with Gasteiger partial charge in [0, 0.05) is 63.2 Å². The summed E-state index contributed by atoms with van der Waals surface area (Å²) in [6.07, 6.45) is 1.15. The Labute approximate surface area is 194 Å². The highest BCUT2D eigenvalue weighted by molar-refractivity contribution is 5.95. The molecule has 0 bridgehead atoms. The van der Waals surface area contributed by atoms with Crippen molar-refractivity contribution >= 4 is 5.91 Å². The van der Waals surface area contributed by atoms with Crippen LogP contribution in [0.2, 0.25) is 0 Å². The number of hydrogen-bond acceptors (Lipinski definition) is 5. The van der Waals surface area contributed by atoms with Crippen molar-refractivity contribution in [3.05, 3.63) is 68.9 Å². The largest absolute Gasteiger partial charge is 0.383 e. The maximum atomic E-state index is 13.9. The summed E-state index contributed by atoms with van der Waals surface area (Å²) in [5, 5.41) is 2.86. The summed E-state index contributed by atoms with van der Waals surface area (Å²) >= 11 is 0. The van der Waals surface area contributed by atoms with Crippen molar-refractivity contribution in [1.29, 1.82) is 0 Å². The first-order valence-corrected chi connectivity index (χ1v) is 11.5. The fourth-order valence-electron chi connectivity index (χ4n) is 4.27. The molecule has 1 amide bonds. The molecule has 1 unspecified atom stereocenters. The first kappa shape index (κ1) is 25.1. The number of rotatable bonds is 10. The average Bonchev–Trinajstić information content (AvgIpc) is 2.76. The molecule has 1 aromatic carbocycles. The van der Waals surface area contributed by atoms with E-state index in [4.69, 9.17) is 9.47 Å². The Hall–Kier alpha value is -2.55. The van der Waals surface area contributed by atoms with Crippen LogP contribution in [0.25, 0.3) is 0 Å². The molecule has 1 aromatic heterocycles. The van der Waals surface area contributed by atoms with Gasteiger partial charge in [0.05, 0.1) is 19.8 Å². The summed E-state index contributed by atoms with van der Waals surface area (Å²) in [6, 6.07) is 7.54. The number of nitrogens with one attached hydrogen (secondary N) is 1. The Morgan fingerprint density at radius 2 is 2.00 bits per heavy atom. The van der Waals surface area contributed by atoms with E-state index in [9.17, 15) is 14.0 Å². The molecule has 180 valence electrons. The first-order chi connectivity index (χ1) is 15.9. The van der Waals surface area contributed by atoms with Crippen LogP contribution in [0.15, 0.2) is 35.1 Å². The Morgan fingerprint density at radius 3 is 2.70 bits per heavy atom. The first-order valence-electron chi connectivity index (χ1n) is 11.5. The van der Waals surface area contributed by atoms with E-state index in [2.05, 4.69) is 10.2 Å². The summed E-state index contributed by atoms with van der Waals surface area (Å²) in [5.74, 6) is -0.779. The lowest BCUT2D eigenvalue weighted by molar-refractivity contribution is 0.0369. The van der Waals surface area contributed by atoms with Crippen molar-refractivity contribution in [3.8, 4) is 0 Å². The highest BCUT2D eigenvalue weighted by Crippen LogP contribution is 2.17. The lowest BCUT2D eigenvalue weighted by atomic mass is 10.0. The van der Waals surface area contributed by atoms with E-state index < -0.39 is 5.91 Å². The molecule has 0 spiro atoms. The van der Waals surface area contributed by atoms with Crippen LogP contribution in [0.5, 0.6) is 0 Å². The maximum Gasteiger partial charge on any atom is 0.257 e. The van der Waals surface area contributed by atoms with Gasteiger partial charge in [-0.15, -0.1) is 0 Å². The minimum atomic E-state index is -0.433. The number of nitrogens with zero attached hydrogens (tertiary/aromatic N) is 2. The zero-order chi connectivity index (χ0) is 23.8. The predicted molar refractivity (Wildman–Crippen MR) is 125 cm³/mol. The molecule has 2 heterocycles. The number of morpholine rings is 1. The molecule has 33 heavy (non-hydrogen) atoms. The van der Waals surface area contributed by atoms with Gasteiger partial charge in [0.2, 0.25) is 0 Å². The van der Waals surface area contributed by atoms with Gasteiger partial charge in [-0.25, -0.2) is 4.39 Å². The monoisotopic (exact) mass is 459 g/mol. The average molecular weight is 460 g/mol. The van der Waals surface area contributed by atoms with E-state index in [-0.39, 0.29) is 29.3 Å². The quantitative estimate of drug-likeness (QED) is 0.591. The van der Waals surface area contributed by atoms with Gasteiger partial charge < -0.3 is 19.4 Å². The fraction of sp³-hybridized carbons (Fsp3) is 0.520. The van der Waals surface area contributed by atoms with E-state index in [1.807, 2.05) is 24.5 Å². The smallest absolute Gasteiger partial charge is 0.257 e. The summed E-state index contributed by atoms with van der Waals surface area (Å²) < 4.78 is 26.4. The number of pyridine rings is 1. The molecule has 0 aliphatic carbocycles. The van der Waals surface area contributed by atoms with Crippen LogP contribution in [0, 0.1) is 12.7 Å². The summed E-state index contributed by atoms with van der Waals surface area (Å²) in [4.78, 5) is 28.5. The minimum absolute atomic E-state index is 0.110. The predicted octanol–water partition coefficient (Wildman–Crippen LogP) is 2.37. The Kier molecular flexibility index (Phi) is 9.17. The molecule has 0 radical (unpaired) electrons. The molecule has 1 fully saturated rings. The normalized spacial score (nSPS) is 15.4. The molecule has 1 aliphatic rings. The zero-order valence-electron chi connectivity index (χ0n) is 19.7. The zero-order valence-corrected chi connectivity index (χ0v) is 19.7. The molecule has 1 N–H and O–H groups in total. The summed E-state index contributed by atoms with van der Waals surface area (Å²) in [6.45, 7) is 8.89. The second-order valence-corrected chi connectivity index (χ2v) is 8.57. The van der Waals surface area contributed by atoms with Crippen molar-refractivity contribution in [2.24, 2.45) is 0 Å². The number of halogens is 1. The molecule has 1 atom stereocenters. The number of aromatic nitrogens is 1. The summed E-state index contributed by atoms with van der Waals surface area (Å²) in [7, 11) is 1.56. The molecule has 0 saturated carbocycles. The molecular weight excluding hydrogens is 425 g/mol. The summed E-state index contributed by atoms with van der Waals surface area (Å²) in [5.41, 5.74) is 1.88. The maximum absolute atomic E-state index is 13.9. The number of amides is 1. The molecule has 7 nitrogen and oxygen atoms in total. The van der Waals surface area contributed by atoms with Gasteiger partial charge in [0.1, 0.15) is 11.4 Å². The number of benzene rings is 1. The van der Waals surface area contributed by atoms with E-state index in [0.717, 1.165) is 45.0 Å². The van der Waals surface area contributed by atoms with Gasteiger partial charge in [-0.3, -0.25) is 14.5 Å². The number of ether oxygens (including phenoxy) is 2. The molecule has 1 aliphatic heterocycles. The second-order valence-electron chi connectivity index (χ2n) is 8.57. The van der Waals surface area contributed by atoms with Crippen molar-refractivity contribution < 1.29 is 18.7 Å². The van der Waals surface area contributed by atoms with Crippen LogP contribution in [0.1, 0.15) is 40.7 Å². The number of hydrogen-bond donors (Lipinski definition) is 1. The van der Waals surface area contributed by atoms with Gasteiger partial charge in [0.15, 0.2) is 5.43 Å². The van der Waals surface area contributed by atoms with E-state index in [1.165, 1.54) is 18.2 Å². The molecule has 8 heteroatoms. The van der Waals surface area contributed by atoms with Gasteiger partial charge in [-0.2, -0.15) is 0 Å². The van der Waals surface area contributed by atoms with Crippen molar-refractivity contribution in [3.63, 3.8) is 0 Å². The number of carbonyl (C=O) groups excluding carboxylic acids is 1. The van der Waals surface area contributed by atoms with E-state index >= 15 is 0 Å². The van der Waals surface area contributed by atoms with Crippen molar-refractivity contribution in [2.75, 3.05) is 46.6 Å². The van der Waals surface area contributed by atoms with E-state index in [0.29, 0.717) is 24.4 Å². The van der Waals surface area contributed by atoms with Gasteiger partial charge in [-0.05, 0) is 38.0 Å². The van der Waals surface area contributed by atoms with Crippen molar-refractivity contribution in [2.45, 2.75) is 39.3 Å². The minimum Gasteiger partial charge on any atom is -0.383 e. The molecule has 1 saturated heterocycles. The third-order valence-corrected chi connectivity index (χ3v) is 5.87. The van der Waals surface area contributed by atoms with Crippen LogP contribution in [0.3, 0.4) is 0 Å². The molecule has 3 rings (SSSR count). The fourth-order valence-corrected chi connectivity index (χ4v) is 4.27. The highest BCUT2D eigenvalue weighted by atomic mass is 19.1. The van der Waals surface area contributed by atoms with Crippen LogP contribution in [0.4, 0.5) is 4.39 Å². The molecular formula is C25H34FN3O4. The Morgan fingerprint density at radius 1 is 1.24 bits per heavy atom. The SMILES string of the molecule is COCC(C)NC(=O)c1c(Cc2cccc(F)c2)n(CCCN2CCOCC2)c(C)cc1=O. The van der Waals surface area contributed by atoms with Gasteiger partial charge >= 0.3 is 0 Å². The van der Waals surface area contributed by atoms with Crippen molar-refractivity contribution in [1.82, 2.24) is 14.8 Å². The van der Waals surface area contributed by atoms with Crippen LogP contribution < -0.4 is 10.7 Å². The van der Waals surface area contributed by atoms with Crippen LogP contribution in [-0.4, -0.2) is 68.0 Å². The number of methoxy groups -OCH3 is 1. The van der Waals surface area contributed by atoms with E-state index in [1.54, 1.807) is 13.2 Å². The number of aryl methyl sites for hydroxylation is 1. The second kappa shape index (κ2) is 12.1. The number of carbonyl (C=O) groups is 1. The lowest BCUT2D eigenvalue weighted by Crippen LogP contribution is -2.40. The lowest BCUT2D eigenvalue weighted by Gasteiger charge is -2.27. The Balaban J connectivity index is 1.93. The third-order valence-electron chi connectivity index (χ3n) is 5.87. The van der Waals surface area contributed by atoms with Crippen LogP contribution >= 0.6 is 0 Å². The third kappa shape index (κ3) is 6.96. The topological polar surface area (TPSA) is 72.8 Å². The molecule has 2 aromatic rings. The Bertz CT molecular complexity index is 1000. The van der Waals surface area contributed by atoms with Gasteiger partial charge in [0.25, 0.3) is 5.91 Å². The van der Waals surface area contributed by atoms with Crippen LogP contribution in [-0.2, 0) is 22.4 Å². The van der Waals surface area contributed by atoms with Gasteiger partial charge in [-0.1, -0.05) is 12.1 Å². The standard InChI is InChI=1S/C25H34FN3O4/c1-18(17-32-3)27-25(31)24-22(16-20-6-4-7-21(26)15-20)29(19(2)14-23(24)30)9-5-8-28-10-12-33-13-11-28/h4,6-7,14-15,18H,5,8-13,16-17H2,1-3H3,(H,27,31). The highest BCUT2D eigenvalue weighted by Gasteiger charge is 2.22.